The van der Waals surface area contributed by atoms with Crippen molar-refractivity contribution in [1.29, 1.82) is 0 Å². The van der Waals surface area contributed by atoms with E-state index in [9.17, 15) is 14.4 Å². The number of ketones is 1. The maximum atomic E-state index is 14.0. The molecule has 0 bridgehead atoms. The molecule has 1 aliphatic heterocycles. The smallest absolute Gasteiger partial charge is 0.245 e. The van der Waals surface area contributed by atoms with Gasteiger partial charge < -0.3 is 10.2 Å². The van der Waals surface area contributed by atoms with Crippen LogP contribution in [0.15, 0.2) is 24.5 Å². The number of amides is 2. The third kappa shape index (κ3) is 5.83. The van der Waals surface area contributed by atoms with Crippen LogP contribution in [0.25, 0.3) is 22.0 Å². The van der Waals surface area contributed by atoms with Crippen LogP contribution in [0.2, 0.25) is 0 Å². The zero-order chi connectivity index (χ0) is 30.5. The van der Waals surface area contributed by atoms with Gasteiger partial charge in [0.25, 0.3) is 0 Å². The maximum absolute atomic E-state index is 14.0. The average Bonchev–Trinajstić information content (AvgIpc) is 3.25. The molecule has 1 N–H and O–H groups in total. The Labute approximate surface area is 248 Å². The number of piperidine rings is 1. The Bertz CT molecular complexity index is 1510. The predicted octanol–water partition coefficient (Wildman–Crippen LogP) is 5.27. The number of likely N-dealkylation sites (tertiary alicyclic amines) is 1. The minimum Gasteiger partial charge on any atom is -0.352 e. The van der Waals surface area contributed by atoms with E-state index >= 15 is 0 Å². The molecule has 0 spiro atoms. The van der Waals surface area contributed by atoms with Crippen molar-refractivity contribution in [2.75, 3.05) is 0 Å². The maximum Gasteiger partial charge on any atom is 0.245 e. The Kier molecular flexibility index (Phi) is 7.98. The van der Waals surface area contributed by atoms with E-state index in [4.69, 9.17) is 0 Å². The first kappa shape index (κ1) is 29.9. The summed E-state index contributed by atoms with van der Waals surface area (Å²) in [5.74, 6) is 1.25. The van der Waals surface area contributed by atoms with Crippen LogP contribution < -0.4 is 5.32 Å². The molecule has 224 valence electrons. The van der Waals surface area contributed by atoms with Gasteiger partial charge in [-0.05, 0) is 80.0 Å². The van der Waals surface area contributed by atoms with Crippen molar-refractivity contribution >= 4 is 28.5 Å². The molecule has 3 aromatic rings. The molecule has 1 aliphatic carbocycles. The number of aryl methyl sites for hydroxylation is 2. The van der Waals surface area contributed by atoms with Gasteiger partial charge in [-0.2, -0.15) is 5.10 Å². The Hall–Kier alpha value is -3.62. The molecule has 9 heteroatoms. The van der Waals surface area contributed by atoms with Gasteiger partial charge in [0.15, 0.2) is 5.78 Å². The van der Waals surface area contributed by atoms with Gasteiger partial charge in [0.05, 0.1) is 5.52 Å². The number of nitrogens with zero attached hydrogens (tertiary/aromatic N) is 5. The van der Waals surface area contributed by atoms with E-state index in [0.717, 1.165) is 41.5 Å². The van der Waals surface area contributed by atoms with Crippen LogP contribution in [0.1, 0.15) is 89.1 Å². The predicted molar refractivity (Wildman–Crippen MR) is 163 cm³/mol. The van der Waals surface area contributed by atoms with Crippen LogP contribution in [-0.4, -0.2) is 60.4 Å². The van der Waals surface area contributed by atoms with Crippen LogP contribution in [0.4, 0.5) is 0 Å². The number of benzene rings is 1. The highest BCUT2D eigenvalue weighted by Gasteiger charge is 2.64. The number of aromatic nitrogens is 4. The lowest BCUT2D eigenvalue weighted by Gasteiger charge is -2.30. The highest BCUT2D eigenvalue weighted by atomic mass is 16.2. The second kappa shape index (κ2) is 11.2. The van der Waals surface area contributed by atoms with E-state index in [-0.39, 0.29) is 41.6 Å². The molecule has 9 nitrogen and oxygen atoms in total. The van der Waals surface area contributed by atoms with E-state index in [2.05, 4.69) is 55.0 Å². The number of rotatable bonds is 10. The zero-order valence-electron chi connectivity index (χ0n) is 26.2. The van der Waals surface area contributed by atoms with Gasteiger partial charge in [0, 0.05) is 42.4 Å². The molecule has 5 rings (SSSR count). The first-order chi connectivity index (χ1) is 19.8. The molecule has 1 saturated heterocycles. The Morgan fingerprint density at radius 2 is 1.64 bits per heavy atom. The molecule has 42 heavy (non-hydrogen) atoms. The third-order valence-electron chi connectivity index (χ3n) is 8.85. The lowest BCUT2D eigenvalue weighted by molar-refractivity contribution is -0.140. The summed E-state index contributed by atoms with van der Waals surface area (Å²) >= 11 is 0. The molecular weight excluding hydrogens is 528 g/mol. The quantitative estimate of drug-likeness (QED) is 0.332. The van der Waals surface area contributed by atoms with Crippen LogP contribution in [0, 0.1) is 31.1 Å². The number of hydrogen-bond donors (Lipinski definition) is 1. The second-order valence-corrected chi connectivity index (χ2v) is 13.6. The molecular formula is C33H44N6O3. The van der Waals surface area contributed by atoms with Crippen LogP contribution >= 0.6 is 0 Å². The van der Waals surface area contributed by atoms with Crippen LogP contribution in [0.5, 0.6) is 0 Å². The van der Waals surface area contributed by atoms with Gasteiger partial charge in [0.2, 0.25) is 11.8 Å². The summed E-state index contributed by atoms with van der Waals surface area (Å²) in [6.07, 6.45) is 6.93. The SMILES string of the molecule is CC(=O)c1nn(CC(=O)N2[C@H](C(=O)NC(CC(C)C)CC(C)C)C[C@@]3(C)C[C@@H]23)c2c(C)cc(-c3cnc(C)nc3)cc12. The fourth-order valence-corrected chi connectivity index (χ4v) is 6.83. The number of Topliss-reactive ketones (excluding diaryl/α,β-unsaturated/α-hetero) is 1. The van der Waals surface area contributed by atoms with Crippen LogP contribution in [-0.2, 0) is 16.1 Å². The highest BCUT2D eigenvalue weighted by Crippen LogP contribution is 2.59. The number of carbonyl (C=O) groups is 3. The molecule has 2 fully saturated rings. The van der Waals surface area contributed by atoms with E-state index in [0.29, 0.717) is 35.2 Å². The van der Waals surface area contributed by atoms with Crippen molar-refractivity contribution in [3.63, 3.8) is 0 Å². The Morgan fingerprint density at radius 3 is 2.24 bits per heavy atom. The fourth-order valence-electron chi connectivity index (χ4n) is 6.83. The Balaban J connectivity index is 1.43. The van der Waals surface area contributed by atoms with E-state index in [1.54, 1.807) is 17.1 Å². The molecule has 2 aliphatic rings. The lowest BCUT2D eigenvalue weighted by Crippen LogP contribution is -2.51. The molecule has 1 saturated carbocycles. The van der Waals surface area contributed by atoms with E-state index in [1.807, 2.05) is 30.9 Å². The molecule has 0 unspecified atom stereocenters. The largest absolute Gasteiger partial charge is 0.352 e. The highest BCUT2D eigenvalue weighted by molar-refractivity contribution is 6.07. The number of nitrogens with one attached hydrogen (secondary N) is 1. The van der Waals surface area contributed by atoms with Gasteiger partial charge in [0.1, 0.15) is 24.1 Å². The standard InChI is InChI=1S/C33H44N6O3/c1-18(2)9-25(10-19(3)4)36-32(42)27-13-33(8)14-28(33)39(27)29(41)17-38-31-20(5)11-23(24-15-34-22(7)35-16-24)12-26(31)30(37-38)21(6)40/h11-12,15-16,18-19,25,27-28H,9-10,13-14,17H2,1-8H3,(H,36,42)/t27-,28+,33-/m0/s1. The molecule has 1 aromatic carbocycles. The fraction of sp³-hybridized carbons (Fsp3) is 0.576. The monoisotopic (exact) mass is 572 g/mol. The van der Waals surface area contributed by atoms with Crippen molar-refractivity contribution in [2.24, 2.45) is 17.3 Å². The Morgan fingerprint density at radius 1 is 1.00 bits per heavy atom. The van der Waals surface area contributed by atoms with Gasteiger partial charge in [-0.3, -0.25) is 19.1 Å². The average molecular weight is 573 g/mol. The minimum absolute atomic E-state index is 0.0269. The molecule has 3 heterocycles. The van der Waals surface area contributed by atoms with Gasteiger partial charge in [-0.15, -0.1) is 0 Å². The lowest BCUT2D eigenvalue weighted by atomic mass is 9.94. The van der Waals surface area contributed by atoms with E-state index < -0.39 is 6.04 Å². The molecule has 2 aromatic heterocycles. The third-order valence-corrected chi connectivity index (χ3v) is 8.85. The van der Waals surface area contributed by atoms with Gasteiger partial charge in [-0.1, -0.05) is 34.6 Å². The number of carbonyl (C=O) groups excluding carboxylic acids is 3. The summed E-state index contributed by atoms with van der Waals surface area (Å²) in [6, 6.07) is 3.58. The van der Waals surface area contributed by atoms with Crippen LogP contribution in [0.3, 0.4) is 0 Å². The first-order valence-electron chi connectivity index (χ1n) is 15.2. The second-order valence-electron chi connectivity index (χ2n) is 13.6. The van der Waals surface area contributed by atoms with Crippen molar-refractivity contribution in [2.45, 2.75) is 106 Å². The number of fused-ring (bicyclic) bond motifs is 2. The van der Waals surface area contributed by atoms with Gasteiger partial charge in [-0.25, -0.2) is 9.97 Å². The normalized spacial score (nSPS) is 21.5. The van der Waals surface area contributed by atoms with Crippen molar-refractivity contribution < 1.29 is 14.4 Å². The van der Waals surface area contributed by atoms with E-state index in [1.165, 1.54) is 6.92 Å². The van der Waals surface area contributed by atoms with Gasteiger partial charge >= 0.3 is 0 Å². The summed E-state index contributed by atoms with van der Waals surface area (Å²) in [4.78, 5) is 50.8. The van der Waals surface area contributed by atoms with Crippen molar-refractivity contribution in [1.82, 2.24) is 30.0 Å². The topological polar surface area (TPSA) is 110 Å². The zero-order valence-corrected chi connectivity index (χ0v) is 26.2. The van der Waals surface area contributed by atoms with Crippen molar-refractivity contribution in [3.05, 3.63) is 41.6 Å². The summed E-state index contributed by atoms with van der Waals surface area (Å²) in [5.41, 5.74) is 3.67. The summed E-state index contributed by atoms with van der Waals surface area (Å²) in [6.45, 7) is 16.1. The molecule has 2 amide bonds. The van der Waals surface area contributed by atoms with Crippen molar-refractivity contribution in [3.8, 4) is 11.1 Å². The minimum atomic E-state index is -0.494. The summed E-state index contributed by atoms with van der Waals surface area (Å²) in [5, 5.41) is 8.64. The number of hydrogen-bond acceptors (Lipinski definition) is 6. The summed E-state index contributed by atoms with van der Waals surface area (Å²) < 4.78 is 1.65. The molecule has 3 atom stereocenters. The summed E-state index contributed by atoms with van der Waals surface area (Å²) in [7, 11) is 0. The molecule has 0 radical (unpaired) electrons. The first-order valence-corrected chi connectivity index (χ1v) is 15.2.